The molecule has 0 spiro atoms. The van der Waals surface area contributed by atoms with Gasteiger partial charge in [-0.1, -0.05) is 31.9 Å². The van der Waals surface area contributed by atoms with Crippen molar-refractivity contribution in [3.8, 4) is 11.5 Å². The number of carboxylic acid groups (broad SMARTS) is 1. The highest BCUT2D eigenvalue weighted by Gasteiger charge is 2.48. The summed E-state index contributed by atoms with van der Waals surface area (Å²) in [5.74, 6) is 0.550. The van der Waals surface area contributed by atoms with E-state index < -0.39 is 11.4 Å². The monoisotopic (exact) mass is 310 g/mol. The van der Waals surface area contributed by atoms with Crippen LogP contribution in [0.2, 0.25) is 5.02 Å². The molecule has 0 radical (unpaired) electrons. The van der Waals surface area contributed by atoms with Gasteiger partial charge in [0.1, 0.15) is 13.2 Å². The minimum absolute atomic E-state index is 0.143. The third kappa shape index (κ3) is 2.08. The van der Waals surface area contributed by atoms with Gasteiger partial charge in [0.2, 0.25) is 0 Å². The second-order valence-electron chi connectivity index (χ2n) is 6.07. The first-order valence-electron chi connectivity index (χ1n) is 7.33. The predicted molar refractivity (Wildman–Crippen MR) is 79.7 cm³/mol. The number of hydrogen-bond acceptors (Lipinski definition) is 3. The summed E-state index contributed by atoms with van der Waals surface area (Å²) in [5.41, 5.74) is 0.903. The van der Waals surface area contributed by atoms with Gasteiger partial charge in [-0.15, -0.1) is 0 Å². The van der Waals surface area contributed by atoms with Crippen LogP contribution in [0.3, 0.4) is 0 Å². The number of benzene rings is 1. The van der Waals surface area contributed by atoms with Crippen molar-refractivity contribution in [1.29, 1.82) is 0 Å². The number of halogens is 1. The fourth-order valence-electron chi connectivity index (χ4n) is 3.29. The summed E-state index contributed by atoms with van der Waals surface area (Å²) < 4.78 is 11.4. The first-order chi connectivity index (χ1) is 9.97. The van der Waals surface area contributed by atoms with Crippen molar-refractivity contribution in [3.05, 3.63) is 22.2 Å². The van der Waals surface area contributed by atoms with Crippen LogP contribution in [-0.2, 0) is 10.2 Å². The van der Waals surface area contributed by atoms with Gasteiger partial charge in [-0.2, -0.15) is 0 Å². The lowest BCUT2D eigenvalue weighted by molar-refractivity contribution is -0.147. The Bertz CT molecular complexity index is 590. The molecule has 1 N–H and O–H groups in total. The predicted octanol–water partition coefficient (Wildman–Crippen LogP) is 3.74. The maximum atomic E-state index is 11.8. The van der Waals surface area contributed by atoms with Crippen LogP contribution in [0.25, 0.3) is 0 Å². The molecule has 1 aliphatic carbocycles. The third-order valence-electron chi connectivity index (χ3n) is 4.51. The molecular formula is C16H19ClO4. The lowest BCUT2D eigenvalue weighted by atomic mass is 9.62. The van der Waals surface area contributed by atoms with Gasteiger partial charge in [-0.3, -0.25) is 4.79 Å². The van der Waals surface area contributed by atoms with Crippen LogP contribution < -0.4 is 9.47 Å². The molecule has 3 rings (SSSR count). The van der Waals surface area contributed by atoms with Crippen molar-refractivity contribution in [2.45, 2.75) is 44.4 Å². The topological polar surface area (TPSA) is 55.8 Å². The van der Waals surface area contributed by atoms with Crippen molar-refractivity contribution >= 4 is 17.6 Å². The standard InChI is InChI=1S/C16H19ClO4/c1-9(2)12-10(16(15(18)19)4-3-5-16)8-11(17)13-14(12)21-7-6-20-13/h8-9H,3-7H2,1-2H3,(H,18,19). The Hall–Kier alpha value is -1.42. The van der Waals surface area contributed by atoms with Crippen LogP contribution in [0, 0.1) is 0 Å². The smallest absolute Gasteiger partial charge is 0.314 e. The zero-order valence-electron chi connectivity index (χ0n) is 12.2. The van der Waals surface area contributed by atoms with Gasteiger partial charge in [0, 0.05) is 5.56 Å². The highest BCUT2D eigenvalue weighted by Crippen LogP contribution is 2.53. The van der Waals surface area contributed by atoms with E-state index in [2.05, 4.69) is 0 Å². The summed E-state index contributed by atoms with van der Waals surface area (Å²) in [5, 5.41) is 10.2. The van der Waals surface area contributed by atoms with E-state index in [1.54, 1.807) is 6.07 Å². The van der Waals surface area contributed by atoms with E-state index in [4.69, 9.17) is 21.1 Å². The molecule has 0 bridgehead atoms. The highest BCUT2D eigenvalue weighted by atomic mass is 35.5. The molecule has 0 amide bonds. The van der Waals surface area contributed by atoms with E-state index >= 15 is 0 Å². The van der Waals surface area contributed by atoms with Gasteiger partial charge in [-0.25, -0.2) is 0 Å². The maximum Gasteiger partial charge on any atom is 0.314 e. The fourth-order valence-corrected chi connectivity index (χ4v) is 3.54. The largest absolute Gasteiger partial charge is 0.486 e. The first-order valence-corrected chi connectivity index (χ1v) is 7.71. The van der Waals surface area contributed by atoms with Gasteiger partial charge >= 0.3 is 5.97 Å². The number of aliphatic carboxylic acids is 1. The summed E-state index contributed by atoms with van der Waals surface area (Å²) in [6.07, 6.45) is 2.23. The van der Waals surface area contributed by atoms with Crippen LogP contribution >= 0.6 is 11.6 Å². The fraction of sp³-hybridized carbons (Fsp3) is 0.562. The molecule has 1 aliphatic heterocycles. The maximum absolute atomic E-state index is 11.8. The minimum Gasteiger partial charge on any atom is -0.486 e. The zero-order valence-corrected chi connectivity index (χ0v) is 13.0. The molecular weight excluding hydrogens is 292 g/mol. The number of hydrogen-bond donors (Lipinski definition) is 1. The molecule has 1 aromatic carbocycles. The van der Waals surface area contributed by atoms with E-state index in [-0.39, 0.29) is 5.92 Å². The van der Waals surface area contributed by atoms with E-state index in [9.17, 15) is 9.90 Å². The molecule has 2 aliphatic rings. The van der Waals surface area contributed by atoms with Crippen molar-refractivity contribution in [3.63, 3.8) is 0 Å². The van der Waals surface area contributed by atoms with Crippen LogP contribution in [-0.4, -0.2) is 24.3 Å². The Morgan fingerprint density at radius 1 is 1.29 bits per heavy atom. The van der Waals surface area contributed by atoms with Crippen LogP contribution in [0.4, 0.5) is 0 Å². The molecule has 0 unspecified atom stereocenters. The number of ether oxygens (including phenoxy) is 2. The Morgan fingerprint density at radius 2 is 1.90 bits per heavy atom. The van der Waals surface area contributed by atoms with Gasteiger partial charge in [0.05, 0.1) is 10.4 Å². The second kappa shape index (κ2) is 5.09. The SMILES string of the molecule is CC(C)c1c(C2(C(=O)O)CCC2)cc(Cl)c2c1OCCO2. The molecule has 0 atom stereocenters. The Balaban J connectivity index is 2.25. The van der Waals surface area contributed by atoms with Crippen molar-refractivity contribution in [2.24, 2.45) is 0 Å². The molecule has 4 nitrogen and oxygen atoms in total. The highest BCUT2D eigenvalue weighted by molar-refractivity contribution is 6.32. The third-order valence-corrected chi connectivity index (χ3v) is 4.80. The molecule has 1 heterocycles. The number of fused-ring (bicyclic) bond motifs is 1. The zero-order chi connectivity index (χ0) is 15.2. The molecule has 5 heteroatoms. The van der Waals surface area contributed by atoms with Crippen LogP contribution in [0.15, 0.2) is 6.07 Å². The lowest BCUT2D eigenvalue weighted by Gasteiger charge is -2.41. The number of carboxylic acids is 1. The average molecular weight is 311 g/mol. The second-order valence-corrected chi connectivity index (χ2v) is 6.48. The first kappa shape index (κ1) is 14.5. The summed E-state index contributed by atoms with van der Waals surface area (Å²) in [4.78, 5) is 11.8. The molecule has 0 saturated heterocycles. The van der Waals surface area contributed by atoms with E-state index in [1.165, 1.54) is 0 Å². The number of carbonyl (C=O) groups is 1. The molecule has 1 saturated carbocycles. The minimum atomic E-state index is -0.820. The van der Waals surface area contributed by atoms with Gasteiger partial charge in [0.25, 0.3) is 0 Å². The number of rotatable bonds is 3. The van der Waals surface area contributed by atoms with Crippen molar-refractivity contribution < 1.29 is 19.4 Å². The molecule has 21 heavy (non-hydrogen) atoms. The summed E-state index contributed by atoms with van der Waals surface area (Å²) in [6.45, 7) is 5.01. The molecule has 0 aromatic heterocycles. The normalized spacial score (nSPS) is 19.2. The van der Waals surface area contributed by atoms with Crippen molar-refractivity contribution in [2.75, 3.05) is 13.2 Å². The van der Waals surface area contributed by atoms with Gasteiger partial charge in [-0.05, 0) is 30.4 Å². The van der Waals surface area contributed by atoms with Crippen molar-refractivity contribution in [1.82, 2.24) is 0 Å². The molecule has 1 fully saturated rings. The average Bonchev–Trinajstić information content (AvgIpc) is 2.36. The summed E-state index contributed by atoms with van der Waals surface area (Å²) >= 11 is 6.32. The van der Waals surface area contributed by atoms with E-state index in [1.807, 2.05) is 13.8 Å². The molecule has 1 aromatic rings. The van der Waals surface area contributed by atoms with E-state index in [0.29, 0.717) is 42.6 Å². The van der Waals surface area contributed by atoms with Crippen LogP contribution in [0.5, 0.6) is 11.5 Å². The Morgan fingerprint density at radius 3 is 2.38 bits per heavy atom. The quantitative estimate of drug-likeness (QED) is 0.924. The molecule has 114 valence electrons. The van der Waals surface area contributed by atoms with Gasteiger partial charge in [0.15, 0.2) is 11.5 Å². The Kier molecular flexibility index (Phi) is 3.52. The Labute approximate surface area is 129 Å². The van der Waals surface area contributed by atoms with Gasteiger partial charge < -0.3 is 14.6 Å². The van der Waals surface area contributed by atoms with E-state index in [0.717, 1.165) is 17.5 Å². The lowest BCUT2D eigenvalue weighted by Crippen LogP contribution is -2.43. The van der Waals surface area contributed by atoms with Crippen LogP contribution in [0.1, 0.15) is 50.2 Å². The summed E-state index contributed by atoms with van der Waals surface area (Å²) in [7, 11) is 0. The summed E-state index contributed by atoms with van der Waals surface area (Å²) in [6, 6.07) is 1.78.